The van der Waals surface area contributed by atoms with Crippen molar-refractivity contribution in [2.24, 2.45) is 0 Å². The van der Waals surface area contributed by atoms with Crippen LogP contribution in [-0.4, -0.2) is 19.5 Å². The molecule has 0 unspecified atom stereocenters. The van der Waals surface area contributed by atoms with E-state index >= 15 is 0 Å². The Morgan fingerprint density at radius 3 is 1.67 bits per heavy atom. The lowest BCUT2D eigenvalue weighted by atomic mass is 9.92. The van der Waals surface area contributed by atoms with E-state index in [0.717, 1.165) is 61.1 Å². The lowest BCUT2D eigenvalue weighted by molar-refractivity contribution is 1.07. The number of nitriles is 1. The van der Waals surface area contributed by atoms with E-state index in [1.165, 1.54) is 25.6 Å². The van der Waals surface area contributed by atoms with Crippen molar-refractivity contribution in [1.29, 1.82) is 5.26 Å². The van der Waals surface area contributed by atoms with Crippen molar-refractivity contribution < 1.29 is 0 Å². The van der Waals surface area contributed by atoms with Crippen LogP contribution in [0.5, 0.6) is 0 Å². The van der Waals surface area contributed by atoms with Crippen molar-refractivity contribution in [1.82, 2.24) is 19.5 Å². The van der Waals surface area contributed by atoms with Gasteiger partial charge in [0.15, 0.2) is 23.2 Å². The molecule has 7 heteroatoms. The first-order valence-corrected chi connectivity index (χ1v) is 20.3. The molecule has 0 fully saturated rings. The highest BCUT2D eigenvalue weighted by molar-refractivity contribution is 7.26. The van der Waals surface area contributed by atoms with Crippen LogP contribution in [0, 0.1) is 17.9 Å². The number of thiophene rings is 1. The number of rotatable bonds is 6. The van der Waals surface area contributed by atoms with Crippen molar-refractivity contribution >= 4 is 59.0 Å². The molecule has 6 nitrogen and oxygen atoms in total. The lowest BCUT2D eigenvalue weighted by Crippen LogP contribution is -2.04. The van der Waals surface area contributed by atoms with Gasteiger partial charge in [-0.1, -0.05) is 140 Å². The third-order valence-corrected chi connectivity index (χ3v) is 12.3. The van der Waals surface area contributed by atoms with Gasteiger partial charge >= 0.3 is 0 Å². The van der Waals surface area contributed by atoms with Gasteiger partial charge in [0, 0.05) is 58.8 Å². The van der Waals surface area contributed by atoms with Crippen molar-refractivity contribution in [3.05, 3.63) is 199 Å². The molecule has 60 heavy (non-hydrogen) atoms. The summed E-state index contributed by atoms with van der Waals surface area (Å²) in [6, 6.07) is 63.9. The van der Waals surface area contributed by atoms with E-state index in [0.29, 0.717) is 28.7 Å². The monoisotopic (exact) mass is 782 g/mol. The molecule has 0 bridgehead atoms. The first kappa shape index (κ1) is 35.0. The van der Waals surface area contributed by atoms with E-state index in [9.17, 15) is 5.26 Å². The van der Waals surface area contributed by atoms with Gasteiger partial charge in [-0.3, -0.25) is 0 Å². The first-order chi connectivity index (χ1) is 29.6. The van der Waals surface area contributed by atoms with Crippen LogP contribution in [0.25, 0.3) is 109 Å². The van der Waals surface area contributed by atoms with E-state index in [-0.39, 0.29) is 0 Å². The van der Waals surface area contributed by atoms with Crippen molar-refractivity contribution in [3.63, 3.8) is 0 Å². The third-order valence-electron chi connectivity index (χ3n) is 11.1. The summed E-state index contributed by atoms with van der Waals surface area (Å²) in [6.45, 7) is 7.75. The Hall–Kier alpha value is -8.23. The Labute approximate surface area is 349 Å². The Kier molecular flexibility index (Phi) is 8.34. The van der Waals surface area contributed by atoms with E-state index in [4.69, 9.17) is 21.5 Å². The molecular weight excluding hydrogens is 753 g/mol. The summed E-state index contributed by atoms with van der Waals surface area (Å²) in [7, 11) is 0. The van der Waals surface area contributed by atoms with Crippen LogP contribution in [-0.2, 0) is 0 Å². The molecule has 0 saturated heterocycles. The normalized spacial score (nSPS) is 11.3. The summed E-state index contributed by atoms with van der Waals surface area (Å²) in [4.78, 5) is 19.0. The fourth-order valence-electron chi connectivity index (χ4n) is 8.30. The quantitative estimate of drug-likeness (QED) is 0.158. The number of aromatic nitrogens is 4. The zero-order valence-corrected chi connectivity index (χ0v) is 32.7. The maximum Gasteiger partial charge on any atom is 0.187 e. The van der Waals surface area contributed by atoms with Gasteiger partial charge in [0.25, 0.3) is 0 Å². The Bertz CT molecular complexity index is 3400. The van der Waals surface area contributed by atoms with Crippen LogP contribution >= 0.6 is 11.3 Å². The summed E-state index contributed by atoms with van der Waals surface area (Å²) in [5, 5.41) is 14.7. The van der Waals surface area contributed by atoms with E-state index in [1.807, 2.05) is 121 Å². The summed E-state index contributed by atoms with van der Waals surface area (Å²) < 4.78 is 4.89. The van der Waals surface area contributed by atoms with Gasteiger partial charge in [-0.15, -0.1) is 11.3 Å². The molecule has 0 spiro atoms. The molecule has 0 N–H and O–H groups in total. The van der Waals surface area contributed by atoms with Gasteiger partial charge in [-0.05, 0) is 53.6 Å². The Morgan fingerprint density at radius 1 is 0.500 bits per heavy atom. The standard InChI is InChI=1S/C53H30N6S/c1-55-39-26-24-35(25-27-39)44-31-38(53-57-51(36-12-4-2-5-13-36)56-52(58-53)37-14-6-3-7-15-37)30-43(34-22-20-33(32-54)21-23-34)49(44)59-45-18-10-8-17-42(45)48-46(59)29-28-41-40-16-9-11-19-47(40)60-50(41)48/h2-31H. The highest BCUT2D eigenvalue weighted by Crippen LogP contribution is 2.47. The molecule has 0 amide bonds. The molecule has 278 valence electrons. The van der Waals surface area contributed by atoms with E-state index < -0.39 is 0 Å². The van der Waals surface area contributed by atoms with Gasteiger partial charge in [0.05, 0.1) is 34.9 Å². The maximum atomic E-state index is 9.85. The second-order valence-electron chi connectivity index (χ2n) is 14.6. The highest BCUT2D eigenvalue weighted by Gasteiger charge is 2.24. The number of benzene rings is 8. The van der Waals surface area contributed by atoms with Crippen LogP contribution in [0.2, 0.25) is 0 Å². The van der Waals surface area contributed by atoms with Crippen LogP contribution in [0.15, 0.2) is 182 Å². The summed E-state index contributed by atoms with van der Waals surface area (Å²) in [6.07, 6.45) is 0. The minimum Gasteiger partial charge on any atom is -0.308 e. The van der Waals surface area contributed by atoms with Crippen molar-refractivity contribution in [2.75, 3.05) is 0 Å². The minimum absolute atomic E-state index is 0.525. The molecule has 0 aliphatic rings. The predicted molar refractivity (Wildman–Crippen MR) is 245 cm³/mol. The van der Waals surface area contributed by atoms with Crippen LogP contribution in [0.1, 0.15) is 5.56 Å². The number of fused-ring (bicyclic) bond motifs is 7. The Balaban J connectivity index is 1.28. The number of hydrogen-bond acceptors (Lipinski definition) is 5. The molecule has 0 atom stereocenters. The third kappa shape index (κ3) is 5.81. The second-order valence-corrected chi connectivity index (χ2v) is 15.6. The molecule has 0 radical (unpaired) electrons. The molecule has 0 aliphatic carbocycles. The molecule has 0 aliphatic heterocycles. The lowest BCUT2D eigenvalue weighted by Gasteiger charge is -2.21. The summed E-state index contributed by atoms with van der Waals surface area (Å²) in [5.74, 6) is 1.67. The topological polar surface area (TPSA) is 71.8 Å². The van der Waals surface area contributed by atoms with E-state index in [1.54, 1.807) is 0 Å². The number of para-hydroxylation sites is 1. The zero-order valence-electron chi connectivity index (χ0n) is 31.9. The minimum atomic E-state index is 0.525. The second kappa shape index (κ2) is 14.3. The van der Waals surface area contributed by atoms with E-state index in [2.05, 4.69) is 88.3 Å². The van der Waals surface area contributed by atoms with Crippen LogP contribution in [0.3, 0.4) is 0 Å². The number of nitrogens with zero attached hydrogens (tertiary/aromatic N) is 6. The van der Waals surface area contributed by atoms with Crippen molar-refractivity contribution in [3.8, 4) is 68.2 Å². The summed E-state index contributed by atoms with van der Waals surface area (Å²) in [5.41, 5.74) is 10.5. The molecule has 3 aromatic heterocycles. The van der Waals surface area contributed by atoms with Crippen LogP contribution in [0.4, 0.5) is 5.69 Å². The van der Waals surface area contributed by atoms with Gasteiger partial charge in [0.2, 0.25) is 0 Å². The van der Waals surface area contributed by atoms with Gasteiger partial charge < -0.3 is 4.57 Å². The fraction of sp³-hybridized carbons (Fsp3) is 0. The zero-order chi connectivity index (χ0) is 40.2. The number of hydrogen-bond donors (Lipinski definition) is 0. The molecule has 3 heterocycles. The average molecular weight is 783 g/mol. The van der Waals surface area contributed by atoms with Crippen LogP contribution < -0.4 is 0 Å². The SMILES string of the molecule is [C-]#[N+]c1ccc(-c2cc(-c3nc(-c4ccccc4)nc(-c4ccccc4)n3)cc(-c3ccc(C#N)cc3)c2-n2c3ccccc3c3c4sc5ccccc5c4ccc32)cc1. The van der Waals surface area contributed by atoms with Gasteiger partial charge in [-0.25, -0.2) is 19.8 Å². The first-order valence-electron chi connectivity index (χ1n) is 19.5. The molecule has 11 rings (SSSR count). The molecular formula is C53H30N6S. The van der Waals surface area contributed by atoms with Gasteiger partial charge in [0.1, 0.15) is 0 Å². The largest absolute Gasteiger partial charge is 0.308 e. The van der Waals surface area contributed by atoms with Gasteiger partial charge in [-0.2, -0.15) is 5.26 Å². The summed E-state index contributed by atoms with van der Waals surface area (Å²) >= 11 is 1.83. The highest BCUT2D eigenvalue weighted by atomic mass is 32.1. The molecule has 11 aromatic rings. The fourth-order valence-corrected chi connectivity index (χ4v) is 9.56. The van der Waals surface area contributed by atoms with Crippen molar-refractivity contribution in [2.45, 2.75) is 0 Å². The average Bonchev–Trinajstić information content (AvgIpc) is 3.87. The smallest absolute Gasteiger partial charge is 0.187 e. The Morgan fingerprint density at radius 2 is 1.05 bits per heavy atom. The maximum absolute atomic E-state index is 9.85. The molecule has 0 saturated carbocycles. The molecule has 8 aromatic carbocycles. The predicted octanol–water partition coefficient (Wildman–Crippen LogP) is 14.1.